The normalized spacial score (nSPS) is 16.5. The Labute approximate surface area is 152 Å². The van der Waals surface area contributed by atoms with Crippen LogP contribution < -0.4 is 9.47 Å². The highest BCUT2D eigenvalue weighted by molar-refractivity contribution is 7.09. The van der Waals surface area contributed by atoms with Crippen LogP contribution in [0.15, 0.2) is 41.8 Å². The lowest BCUT2D eigenvalue weighted by atomic mass is 10.2. The van der Waals surface area contributed by atoms with Crippen molar-refractivity contribution in [1.82, 2.24) is 9.80 Å². The van der Waals surface area contributed by atoms with Gasteiger partial charge in [0, 0.05) is 37.6 Å². The maximum atomic E-state index is 12.6. The van der Waals surface area contributed by atoms with E-state index >= 15 is 0 Å². The molecule has 6 heteroatoms. The zero-order valence-corrected chi connectivity index (χ0v) is 15.5. The highest BCUT2D eigenvalue weighted by atomic mass is 32.1. The van der Waals surface area contributed by atoms with E-state index in [1.54, 1.807) is 18.4 Å². The molecular formula is C19H24N2O3S. The van der Waals surface area contributed by atoms with Crippen LogP contribution in [0.5, 0.6) is 11.5 Å². The van der Waals surface area contributed by atoms with E-state index in [0.29, 0.717) is 5.75 Å². The fourth-order valence-corrected chi connectivity index (χ4v) is 3.66. The number of rotatable bonds is 6. The number of piperazine rings is 1. The number of ether oxygens (including phenoxy) is 2. The van der Waals surface area contributed by atoms with E-state index in [2.05, 4.69) is 22.4 Å². The number of nitrogens with zero attached hydrogens (tertiary/aromatic N) is 2. The van der Waals surface area contributed by atoms with Crippen molar-refractivity contribution in [3.63, 3.8) is 0 Å². The second kappa shape index (κ2) is 8.36. The van der Waals surface area contributed by atoms with Gasteiger partial charge in [-0.05, 0) is 42.6 Å². The molecule has 134 valence electrons. The summed E-state index contributed by atoms with van der Waals surface area (Å²) in [6, 6.07) is 11.5. The number of carbonyl (C=O) groups is 1. The zero-order valence-electron chi connectivity index (χ0n) is 14.7. The van der Waals surface area contributed by atoms with Gasteiger partial charge in [0.1, 0.15) is 11.5 Å². The molecule has 3 rings (SSSR count). The molecule has 0 radical (unpaired) electrons. The fraction of sp³-hybridized carbons (Fsp3) is 0.421. The van der Waals surface area contributed by atoms with Gasteiger partial charge in [-0.15, -0.1) is 11.3 Å². The van der Waals surface area contributed by atoms with Gasteiger partial charge in [-0.2, -0.15) is 0 Å². The first-order valence-electron chi connectivity index (χ1n) is 8.50. The molecule has 1 fully saturated rings. The van der Waals surface area contributed by atoms with Gasteiger partial charge >= 0.3 is 0 Å². The van der Waals surface area contributed by atoms with Crippen molar-refractivity contribution >= 4 is 17.2 Å². The minimum atomic E-state index is -0.489. The Kier molecular flexibility index (Phi) is 5.94. The third-order valence-corrected chi connectivity index (χ3v) is 5.22. The van der Waals surface area contributed by atoms with Crippen LogP contribution in [0.1, 0.15) is 11.8 Å². The predicted octanol–water partition coefficient (Wildman–Crippen LogP) is 2.87. The van der Waals surface area contributed by atoms with Gasteiger partial charge in [-0.25, -0.2) is 0 Å². The summed E-state index contributed by atoms with van der Waals surface area (Å²) in [5.74, 6) is 1.50. The fourth-order valence-electron chi connectivity index (χ4n) is 2.92. The van der Waals surface area contributed by atoms with E-state index in [1.165, 1.54) is 4.88 Å². The van der Waals surface area contributed by atoms with E-state index in [-0.39, 0.29) is 5.91 Å². The SMILES string of the molecule is COc1ccc(OC(C)C(=O)N2CCN(Cc3cccs3)CC2)cc1. The highest BCUT2D eigenvalue weighted by Crippen LogP contribution is 2.19. The van der Waals surface area contributed by atoms with Crippen molar-refractivity contribution in [3.05, 3.63) is 46.7 Å². The van der Waals surface area contributed by atoms with Crippen molar-refractivity contribution in [2.75, 3.05) is 33.3 Å². The van der Waals surface area contributed by atoms with Crippen molar-refractivity contribution < 1.29 is 14.3 Å². The standard InChI is InChI=1S/C19H24N2O3S/c1-15(24-17-7-5-16(23-2)6-8-17)19(22)21-11-9-20(10-12-21)14-18-4-3-13-25-18/h3-8,13,15H,9-12,14H2,1-2H3. The number of benzene rings is 1. The van der Waals surface area contributed by atoms with Crippen LogP contribution in [-0.2, 0) is 11.3 Å². The van der Waals surface area contributed by atoms with E-state index in [0.717, 1.165) is 38.5 Å². The Balaban J connectivity index is 1.47. The number of thiophene rings is 1. The van der Waals surface area contributed by atoms with Crippen LogP contribution in [0, 0.1) is 0 Å². The predicted molar refractivity (Wildman–Crippen MR) is 99.3 cm³/mol. The molecule has 0 saturated carbocycles. The Hall–Kier alpha value is -2.05. The van der Waals surface area contributed by atoms with E-state index in [4.69, 9.17) is 9.47 Å². The summed E-state index contributed by atoms with van der Waals surface area (Å²) in [6.07, 6.45) is -0.489. The average molecular weight is 360 g/mol. The van der Waals surface area contributed by atoms with Gasteiger partial charge in [-0.1, -0.05) is 6.07 Å². The van der Waals surface area contributed by atoms with Gasteiger partial charge < -0.3 is 14.4 Å². The summed E-state index contributed by atoms with van der Waals surface area (Å²) in [6.45, 7) is 6.08. The lowest BCUT2D eigenvalue weighted by molar-refractivity contribution is -0.139. The number of carbonyl (C=O) groups excluding carboxylic acids is 1. The minimum Gasteiger partial charge on any atom is -0.497 e. The molecule has 0 spiro atoms. The van der Waals surface area contributed by atoms with Crippen LogP contribution in [0.3, 0.4) is 0 Å². The molecule has 1 saturated heterocycles. The van der Waals surface area contributed by atoms with Gasteiger partial charge in [0.25, 0.3) is 5.91 Å². The van der Waals surface area contributed by atoms with Crippen LogP contribution in [-0.4, -0.2) is 55.1 Å². The van der Waals surface area contributed by atoms with E-state index in [1.807, 2.05) is 36.1 Å². The number of amides is 1. The second-order valence-electron chi connectivity index (χ2n) is 6.12. The summed E-state index contributed by atoms with van der Waals surface area (Å²) in [4.78, 5) is 18.3. The lowest BCUT2D eigenvalue weighted by Crippen LogP contribution is -2.51. The molecule has 2 heterocycles. The van der Waals surface area contributed by atoms with Crippen LogP contribution in [0.2, 0.25) is 0 Å². The quantitative estimate of drug-likeness (QED) is 0.794. The number of methoxy groups -OCH3 is 1. The summed E-state index contributed by atoms with van der Waals surface area (Å²) in [7, 11) is 1.63. The van der Waals surface area contributed by atoms with Crippen LogP contribution in [0.4, 0.5) is 0 Å². The first kappa shape index (κ1) is 17.8. The molecule has 0 bridgehead atoms. The molecule has 1 aromatic heterocycles. The Bertz CT molecular complexity index is 664. The first-order chi connectivity index (χ1) is 12.2. The van der Waals surface area contributed by atoms with Crippen molar-refractivity contribution in [2.45, 2.75) is 19.6 Å². The first-order valence-corrected chi connectivity index (χ1v) is 9.38. The molecular weight excluding hydrogens is 336 g/mol. The highest BCUT2D eigenvalue weighted by Gasteiger charge is 2.26. The maximum Gasteiger partial charge on any atom is 0.263 e. The summed E-state index contributed by atoms with van der Waals surface area (Å²) >= 11 is 1.78. The lowest BCUT2D eigenvalue weighted by Gasteiger charge is -2.35. The molecule has 1 atom stereocenters. The molecule has 1 aliphatic heterocycles. The van der Waals surface area contributed by atoms with Crippen molar-refractivity contribution in [1.29, 1.82) is 0 Å². The number of hydrogen-bond acceptors (Lipinski definition) is 5. The molecule has 1 aromatic carbocycles. The van der Waals surface area contributed by atoms with Crippen LogP contribution in [0.25, 0.3) is 0 Å². The van der Waals surface area contributed by atoms with Gasteiger partial charge in [-0.3, -0.25) is 9.69 Å². The molecule has 0 N–H and O–H groups in total. The topological polar surface area (TPSA) is 42.0 Å². The second-order valence-corrected chi connectivity index (χ2v) is 7.15. The Morgan fingerprint density at radius 1 is 1.12 bits per heavy atom. The largest absolute Gasteiger partial charge is 0.497 e. The summed E-state index contributed by atoms with van der Waals surface area (Å²) < 4.78 is 10.9. The van der Waals surface area contributed by atoms with Gasteiger partial charge in [0.05, 0.1) is 7.11 Å². The summed E-state index contributed by atoms with van der Waals surface area (Å²) in [5, 5.41) is 2.10. The van der Waals surface area contributed by atoms with Gasteiger partial charge in [0.15, 0.2) is 6.10 Å². The molecule has 25 heavy (non-hydrogen) atoms. The average Bonchev–Trinajstić information content (AvgIpc) is 3.15. The molecule has 2 aromatic rings. The zero-order chi connectivity index (χ0) is 17.6. The third kappa shape index (κ3) is 4.74. The summed E-state index contributed by atoms with van der Waals surface area (Å²) in [5.41, 5.74) is 0. The Morgan fingerprint density at radius 2 is 1.80 bits per heavy atom. The monoisotopic (exact) mass is 360 g/mol. The van der Waals surface area contributed by atoms with Crippen LogP contribution >= 0.6 is 11.3 Å². The third-order valence-electron chi connectivity index (χ3n) is 4.36. The Morgan fingerprint density at radius 3 is 2.40 bits per heavy atom. The minimum absolute atomic E-state index is 0.0478. The molecule has 5 nitrogen and oxygen atoms in total. The van der Waals surface area contributed by atoms with Crippen molar-refractivity contribution in [2.24, 2.45) is 0 Å². The maximum absolute atomic E-state index is 12.6. The van der Waals surface area contributed by atoms with Crippen molar-refractivity contribution in [3.8, 4) is 11.5 Å². The molecule has 1 unspecified atom stereocenters. The molecule has 0 aliphatic carbocycles. The van der Waals surface area contributed by atoms with E-state index < -0.39 is 6.10 Å². The van der Waals surface area contributed by atoms with Gasteiger partial charge in [0.2, 0.25) is 0 Å². The van der Waals surface area contributed by atoms with E-state index in [9.17, 15) is 4.79 Å². The molecule has 1 amide bonds. The smallest absolute Gasteiger partial charge is 0.263 e. The molecule has 1 aliphatic rings. The number of hydrogen-bond donors (Lipinski definition) is 0.